The molecule has 1 atom stereocenters. The number of fused-ring (bicyclic) bond motifs is 1. The van der Waals surface area contributed by atoms with Gasteiger partial charge in [-0.1, -0.05) is 6.92 Å². The van der Waals surface area contributed by atoms with Gasteiger partial charge in [-0.05, 0) is 24.5 Å². The van der Waals surface area contributed by atoms with E-state index in [9.17, 15) is 4.21 Å². The van der Waals surface area contributed by atoms with E-state index in [-0.39, 0.29) is 0 Å². The smallest absolute Gasteiger partial charge is 0.183 e. The van der Waals surface area contributed by atoms with E-state index in [4.69, 9.17) is 0 Å². The Morgan fingerprint density at radius 1 is 1.53 bits per heavy atom. The highest BCUT2D eigenvalue weighted by molar-refractivity contribution is 7.86. The quantitative estimate of drug-likeness (QED) is 0.809. The van der Waals surface area contributed by atoms with E-state index in [2.05, 4.69) is 16.9 Å². The fraction of sp³-hybridized carbons (Fsp3) is 0.400. The van der Waals surface area contributed by atoms with Crippen LogP contribution in [0.2, 0.25) is 0 Å². The van der Waals surface area contributed by atoms with Crippen LogP contribution in [0.25, 0.3) is 10.3 Å². The lowest BCUT2D eigenvalue weighted by Gasteiger charge is -2.01. The Balaban J connectivity index is 2.75. The van der Waals surface area contributed by atoms with Gasteiger partial charge in [-0.2, -0.15) is 0 Å². The second-order valence-corrected chi connectivity index (χ2v) is 5.91. The molecular weight excluding hydrogens is 228 g/mol. The van der Waals surface area contributed by atoms with Crippen LogP contribution in [0.3, 0.4) is 0 Å². The highest BCUT2D eigenvalue weighted by Crippen LogP contribution is 2.28. The summed E-state index contributed by atoms with van der Waals surface area (Å²) in [6, 6.07) is 0. The van der Waals surface area contributed by atoms with Crippen LogP contribution in [-0.2, 0) is 17.2 Å². The molecule has 0 saturated carbocycles. The molecule has 2 aromatic rings. The van der Waals surface area contributed by atoms with Crippen LogP contribution in [-0.4, -0.2) is 20.4 Å². The van der Waals surface area contributed by atoms with E-state index in [1.165, 1.54) is 22.5 Å². The van der Waals surface area contributed by atoms with Crippen molar-refractivity contribution in [3.8, 4) is 0 Å². The van der Waals surface area contributed by atoms with Gasteiger partial charge >= 0.3 is 0 Å². The number of hydrogen-bond donors (Lipinski definition) is 0. The number of aryl methyl sites for hydroxylation is 2. The molecule has 0 aliphatic carbocycles. The maximum absolute atomic E-state index is 11.3. The third-order valence-electron chi connectivity index (χ3n) is 2.32. The van der Waals surface area contributed by atoms with Crippen molar-refractivity contribution in [3.63, 3.8) is 0 Å². The molecule has 0 fully saturated rings. The largest absolute Gasteiger partial charge is 0.252 e. The molecule has 3 nitrogen and oxygen atoms in total. The molecule has 0 aromatic carbocycles. The van der Waals surface area contributed by atoms with Crippen LogP contribution in [0, 0.1) is 6.92 Å². The Kier molecular flexibility index (Phi) is 2.84. The molecule has 1 unspecified atom stereocenters. The van der Waals surface area contributed by atoms with Gasteiger partial charge in [-0.15, -0.1) is 11.3 Å². The van der Waals surface area contributed by atoms with E-state index in [0.717, 1.165) is 16.8 Å². The Morgan fingerprint density at radius 2 is 2.27 bits per heavy atom. The summed E-state index contributed by atoms with van der Waals surface area (Å²) in [5.74, 6) is 0. The topological polar surface area (TPSA) is 42.9 Å². The molecular formula is C10H12N2OS2. The number of nitrogens with zero attached hydrogens (tertiary/aromatic N) is 2. The summed E-state index contributed by atoms with van der Waals surface area (Å²) >= 11 is 1.50. The van der Waals surface area contributed by atoms with E-state index in [1.807, 2.05) is 13.1 Å². The third-order valence-corrected chi connectivity index (χ3v) is 4.76. The first kappa shape index (κ1) is 10.7. The lowest BCUT2D eigenvalue weighted by Crippen LogP contribution is -1.89. The zero-order valence-corrected chi connectivity index (χ0v) is 10.5. The fourth-order valence-corrected chi connectivity index (χ4v) is 3.41. The summed E-state index contributed by atoms with van der Waals surface area (Å²) in [6.45, 7) is 4.16. The number of aromatic nitrogens is 2. The zero-order chi connectivity index (χ0) is 11.0. The van der Waals surface area contributed by atoms with Crippen LogP contribution in [0.1, 0.15) is 18.1 Å². The molecule has 2 aromatic heterocycles. The van der Waals surface area contributed by atoms with Crippen molar-refractivity contribution in [2.75, 3.05) is 6.26 Å². The average Bonchev–Trinajstić information content (AvgIpc) is 2.61. The van der Waals surface area contributed by atoms with E-state index >= 15 is 0 Å². The molecule has 0 aliphatic heterocycles. The fourth-order valence-electron chi connectivity index (χ4n) is 1.55. The van der Waals surface area contributed by atoms with Gasteiger partial charge in [-0.25, -0.2) is 9.97 Å². The molecule has 0 spiro atoms. The minimum absolute atomic E-state index is 0.665. The van der Waals surface area contributed by atoms with E-state index in [1.54, 1.807) is 6.26 Å². The van der Waals surface area contributed by atoms with Gasteiger partial charge in [0.15, 0.2) is 9.99 Å². The minimum Gasteiger partial charge on any atom is -0.252 e. The van der Waals surface area contributed by atoms with E-state index in [0.29, 0.717) is 4.34 Å². The standard InChI is InChI=1S/C10H12N2OS2/c1-4-7-6(2)5-11-9-8(7)14-10(12-9)15(3)13/h5H,4H2,1-3H3. The Morgan fingerprint density at radius 3 is 2.87 bits per heavy atom. The summed E-state index contributed by atoms with van der Waals surface area (Å²) in [6.07, 6.45) is 4.45. The van der Waals surface area contributed by atoms with E-state index < -0.39 is 10.8 Å². The molecule has 0 saturated heterocycles. The Hall–Kier alpha value is -0.810. The number of rotatable bonds is 2. The highest BCUT2D eigenvalue weighted by atomic mass is 32.2. The van der Waals surface area contributed by atoms with Gasteiger partial charge in [-0.3, -0.25) is 4.21 Å². The van der Waals surface area contributed by atoms with Crippen LogP contribution >= 0.6 is 11.3 Å². The molecule has 0 radical (unpaired) electrons. The first-order chi connectivity index (χ1) is 7.13. The number of hydrogen-bond acceptors (Lipinski definition) is 4. The van der Waals surface area contributed by atoms with Crippen LogP contribution in [0.5, 0.6) is 0 Å². The number of thiazole rings is 1. The van der Waals surface area contributed by atoms with Crippen molar-refractivity contribution in [2.24, 2.45) is 0 Å². The number of pyridine rings is 1. The summed E-state index contributed by atoms with van der Waals surface area (Å²) in [5.41, 5.74) is 3.18. The van der Waals surface area contributed by atoms with Crippen molar-refractivity contribution in [1.82, 2.24) is 9.97 Å². The normalized spacial score (nSPS) is 13.3. The molecule has 5 heteroatoms. The third kappa shape index (κ3) is 1.81. The lowest BCUT2D eigenvalue weighted by molar-refractivity contribution is 0.686. The van der Waals surface area contributed by atoms with Gasteiger partial charge < -0.3 is 0 Å². The second-order valence-electron chi connectivity index (χ2n) is 3.36. The Bertz CT molecular complexity index is 533. The molecule has 2 rings (SSSR count). The van der Waals surface area contributed by atoms with Crippen molar-refractivity contribution in [2.45, 2.75) is 24.6 Å². The first-order valence-corrected chi connectivity index (χ1v) is 7.09. The molecule has 15 heavy (non-hydrogen) atoms. The maximum atomic E-state index is 11.3. The predicted molar refractivity (Wildman–Crippen MR) is 63.9 cm³/mol. The zero-order valence-electron chi connectivity index (χ0n) is 8.90. The molecule has 0 bridgehead atoms. The van der Waals surface area contributed by atoms with Crippen molar-refractivity contribution in [3.05, 3.63) is 17.3 Å². The summed E-state index contributed by atoms with van der Waals surface area (Å²) < 4.78 is 13.1. The van der Waals surface area contributed by atoms with Crippen molar-refractivity contribution in [1.29, 1.82) is 0 Å². The van der Waals surface area contributed by atoms with Gasteiger partial charge in [0.05, 0.1) is 15.5 Å². The predicted octanol–water partition coefficient (Wildman–Crippen LogP) is 2.30. The van der Waals surface area contributed by atoms with Crippen LogP contribution in [0.4, 0.5) is 0 Å². The molecule has 0 aliphatic rings. The van der Waals surface area contributed by atoms with Crippen LogP contribution < -0.4 is 0 Å². The van der Waals surface area contributed by atoms with Crippen LogP contribution in [0.15, 0.2) is 10.5 Å². The summed E-state index contributed by atoms with van der Waals surface area (Å²) in [5, 5.41) is 0. The average molecular weight is 240 g/mol. The summed E-state index contributed by atoms with van der Waals surface area (Å²) in [7, 11) is -1.01. The molecule has 80 valence electrons. The van der Waals surface area contributed by atoms with Gasteiger partial charge in [0.25, 0.3) is 0 Å². The van der Waals surface area contributed by atoms with Crippen molar-refractivity contribution < 1.29 is 4.21 Å². The highest BCUT2D eigenvalue weighted by Gasteiger charge is 2.12. The SMILES string of the molecule is CCc1c(C)cnc2nc(S(C)=O)sc12. The molecule has 0 N–H and O–H groups in total. The van der Waals surface area contributed by atoms with Gasteiger partial charge in [0.1, 0.15) is 0 Å². The maximum Gasteiger partial charge on any atom is 0.183 e. The monoisotopic (exact) mass is 240 g/mol. The molecule has 2 heterocycles. The van der Waals surface area contributed by atoms with Gasteiger partial charge in [0.2, 0.25) is 0 Å². The Labute approximate surface area is 95.0 Å². The minimum atomic E-state index is -1.01. The van der Waals surface area contributed by atoms with Gasteiger partial charge in [0, 0.05) is 12.5 Å². The lowest BCUT2D eigenvalue weighted by atomic mass is 10.1. The second kappa shape index (κ2) is 3.98. The molecule has 0 amide bonds. The summed E-state index contributed by atoms with van der Waals surface area (Å²) in [4.78, 5) is 8.53. The van der Waals surface area contributed by atoms with Crippen molar-refractivity contribution >= 4 is 32.5 Å². The first-order valence-electron chi connectivity index (χ1n) is 4.72.